The van der Waals surface area contributed by atoms with Crippen LogP contribution in [0.1, 0.15) is 40.5 Å². The Balaban J connectivity index is 5.62. The normalized spacial score (nSPS) is 14.7. The van der Waals surface area contributed by atoms with Gasteiger partial charge in [0.05, 0.1) is 42.4 Å². The maximum absolute atomic E-state index is 12.5. The van der Waals surface area contributed by atoms with Gasteiger partial charge in [-0.3, -0.25) is 9.59 Å². The van der Waals surface area contributed by atoms with Crippen LogP contribution in [0.5, 0.6) is 0 Å². The second-order valence-corrected chi connectivity index (χ2v) is 6.93. The van der Waals surface area contributed by atoms with Gasteiger partial charge in [-0.15, -0.1) is 0 Å². The molecule has 10 nitrogen and oxygen atoms in total. The lowest BCUT2D eigenvalue weighted by Gasteiger charge is -2.44. The van der Waals surface area contributed by atoms with E-state index in [0.717, 1.165) is 26.7 Å². The number of carboxylic acid groups (broad SMARTS) is 2. The number of ether oxygens (including phenoxy) is 4. The topological polar surface area (TPSA) is 151 Å². The van der Waals surface area contributed by atoms with Gasteiger partial charge in [-0.1, -0.05) is 34.3 Å². The third kappa shape index (κ3) is 7.95. The highest BCUT2D eigenvalue weighted by molar-refractivity contribution is 6.00. The molecule has 2 unspecified atom stereocenters. The summed E-state index contributed by atoms with van der Waals surface area (Å²) < 4.78 is 20.4. The van der Waals surface area contributed by atoms with E-state index in [2.05, 4.69) is 6.58 Å². The molecule has 2 atom stereocenters. The van der Waals surface area contributed by atoms with E-state index in [1.165, 1.54) is 0 Å². The molecule has 178 valence electrons. The van der Waals surface area contributed by atoms with E-state index < -0.39 is 46.7 Å². The summed E-state index contributed by atoms with van der Waals surface area (Å²) in [5.74, 6) is -9.34. The van der Waals surface area contributed by atoms with Crippen molar-refractivity contribution >= 4 is 23.9 Å². The van der Waals surface area contributed by atoms with Crippen LogP contribution in [-0.2, 0) is 38.1 Å². The molecular formula is C21H32O10-2. The first-order chi connectivity index (χ1) is 14.6. The quantitative estimate of drug-likeness (QED) is 0.159. The number of rotatable bonds is 17. The lowest BCUT2D eigenvalue weighted by molar-refractivity contribution is -0.326. The second-order valence-electron chi connectivity index (χ2n) is 6.93. The van der Waals surface area contributed by atoms with Crippen LogP contribution in [0.15, 0.2) is 12.2 Å². The summed E-state index contributed by atoms with van der Waals surface area (Å²) in [5.41, 5.74) is -3.65. The molecule has 31 heavy (non-hydrogen) atoms. The fraction of sp³-hybridized carbons (Fsp3) is 0.714. The first-order valence-electron chi connectivity index (χ1n) is 10.2. The van der Waals surface area contributed by atoms with E-state index in [1.807, 2.05) is 13.8 Å². The number of carboxylic acids is 2. The Kier molecular flexibility index (Phi) is 13.4. The minimum Gasteiger partial charge on any atom is -0.549 e. The maximum atomic E-state index is 12.5. The number of carbonyl (C=O) groups excluding carboxylic acids is 4. The Morgan fingerprint density at radius 3 is 1.45 bits per heavy atom. The van der Waals surface area contributed by atoms with Crippen molar-refractivity contribution in [3.8, 4) is 0 Å². The van der Waals surface area contributed by atoms with Gasteiger partial charge in [-0.05, 0) is 18.4 Å². The van der Waals surface area contributed by atoms with Crippen molar-refractivity contribution in [2.24, 2.45) is 17.3 Å². The standard InChI is InChI=1S/C21H34O10/c1-6-8-28-10-12-30-18(24)15(4)21(20(26)27,14(3)17(22)23)16(5)19(25)31-13-11-29-9-7-2/h15-16H,3,6-13H2,1-2,4-5H3,(H,22,23)(H,26,27)/p-2. The Labute approximate surface area is 182 Å². The molecule has 0 saturated carbocycles. The fourth-order valence-electron chi connectivity index (χ4n) is 3.06. The first-order valence-corrected chi connectivity index (χ1v) is 10.2. The molecule has 0 heterocycles. The van der Waals surface area contributed by atoms with Crippen LogP contribution >= 0.6 is 0 Å². The second kappa shape index (κ2) is 14.5. The summed E-state index contributed by atoms with van der Waals surface area (Å²) in [6.45, 7) is 9.94. The van der Waals surface area contributed by atoms with E-state index in [9.17, 15) is 29.4 Å². The van der Waals surface area contributed by atoms with Crippen LogP contribution in [0.2, 0.25) is 0 Å². The predicted molar refractivity (Wildman–Crippen MR) is 104 cm³/mol. The monoisotopic (exact) mass is 444 g/mol. The predicted octanol–water partition coefficient (Wildman–Crippen LogP) is -0.759. The molecule has 0 bridgehead atoms. The Morgan fingerprint density at radius 2 is 1.16 bits per heavy atom. The van der Waals surface area contributed by atoms with Crippen molar-refractivity contribution in [1.82, 2.24) is 0 Å². The van der Waals surface area contributed by atoms with Gasteiger partial charge < -0.3 is 38.7 Å². The molecule has 0 aromatic carbocycles. The Hall–Kier alpha value is -2.46. The molecule has 0 N–H and O–H groups in total. The number of aliphatic carboxylic acids is 2. The molecule has 0 fully saturated rings. The van der Waals surface area contributed by atoms with Gasteiger partial charge in [0.25, 0.3) is 0 Å². The minimum absolute atomic E-state index is 0.0708. The number of carbonyl (C=O) groups is 4. The van der Waals surface area contributed by atoms with Gasteiger partial charge in [-0.2, -0.15) is 0 Å². The molecule has 0 aromatic heterocycles. The van der Waals surface area contributed by atoms with Crippen molar-refractivity contribution < 1.29 is 48.3 Å². The van der Waals surface area contributed by atoms with Gasteiger partial charge in [0.2, 0.25) is 0 Å². The van der Waals surface area contributed by atoms with Crippen LogP contribution in [-0.4, -0.2) is 63.5 Å². The van der Waals surface area contributed by atoms with Crippen molar-refractivity contribution in [1.29, 1.82) is 0 Å². The van der Waals surface area contributed by atoms with Crippen LogP contribution in [0.25, 0.3) is 0 Å². The zero-order valence-corrected chi connectivity index (χ0v) is 18.6. The molecular weight excluding hydrogens is 412 g/mol. The van der Waals surface area contributed by atoms with Gasteiger partial charge in [0, 0.05) is 13.2 Å². The third-order valence-corrected chi connectivity index (χ3v) is 4.80. The largest absolute Gasteiger partial charge is 0.549 e. The zero-order valence-electron chi connectivity index (χ0n) is 18.6. The number of hydrogen-bond donors (Lipinski definition) is 0. The molecule has 0 aliphatic heterocycles. The molecule has 0 saturated heterocycles. The van der Waals surface area contributed by atoms with Crippen LogP contribution in [0.3, 0.4) is 0 Å². The highest BCUT2D eigenvalue weighted by Gasteiger charge is 2.52. The van der Waals surface area contributed by atoms with Crippen LogP contribution < -0.4 is 10.2 Å². The van der Waals surface area contributed by atoms with Crippen LogP contribution in [0.4, 0.5) is 0 Å². The van der Waals surface area contributed by atoms with Crippen molar-refractivity contribution in [2.75, 3.05) is 39.6 Å². The van der Waals surface area contributed by atoms with Gasteiger partial charge in [0.15, 0.2) is 0 Å². The van der Waals surface area contributed by atoms with E-state index in [-0.39, 0.29) is 26.4 Å². The fourth-order valence-corrected chi connectivity index (χ4v) is 3.06. The minimum atomic E-state index is -2.65. The van der Waals surface area contributed by atoms with Gasteiger partial charge in [-0.25, -0.2) is 0 Å². The molecule has 0 radical (unpaired) electrons. The molecule has 0 amide bonds. The number of esters is 2. The van der Waals surface area contributed by atoms with E-state index in [1.54, 1.807) is 0 Å². The first kappa shape index (κ1) is 28.5. The van der Waals surface area contributed by atoms with Gasteiger partial charge in [0.1, 0.15) is 13.2 Å². The lowest BCUT2D eigenvalue weighted by atomic mass is 9.63. The van der Waals surface area contributed by atoms with Gasteiger partial charge >= 0.3 is 11.9 Å². The summed E-state index contributed by atoms with van der Waals surface area (Å²) >= 11 is 0. The SMILES string of the molecule is C=C(C(=O)[O-])C(C(=O)[O-])(C(C)C(=O)OCCOCCC)C(C)C(=O)OCCOCCC. The Morgan fingerprint density at radius 1 is 0.774 bits per heavy atom. The summed E-state index contributed by atoms with van der Waals surface area (Å²) in [7, 11) is 0. The van der Waals surface area contributed by atoms with E-state index in [0.29, 0.717) is 13.2 Å². The van der Waals surface area contributed by atoms with Crippen LogP contribution in [0, 0.1) is 17.3 Å². The summed E-state index contributed by atoms with van der Waals surface area (Å²) in [6.07, 6.45) is 1.51. The summed E-state index contributed by atoms with van der Waals surface area (Å²) in [5, 5.41) is 23.7. The van der Waals surface area contributed by atoms with Crippen molar-refractivity contribution in [3.05, 3.63) is 12.2 Å². The van der Waals surface area contributed by atoms with E-state index >= 15 is 0 Å². The average Bonchev–Trinajstić information content (AvgIpc) is 2.72. The smallest absolute Gasteiger partial charge is 0.310 e. The molecule has 0 aliphatic rings. The summed E-state index contributed by atoms with van der Waals surface area (Å²) in [6, 6.07) is 0. The maximum Gasteiger partial charge on any atom is 0.310 e. The molecule has 0 rings (SSSR count). The lowest BCUT2D eigenvalue weighted by Crippen LogP contribution is -2.58. The van der Waals surface area contributed by atoms with Crippen molar-refractivity contribution in [3.63, 3.8) is 0 Å². The average molecular weight is 444 g/mol. The molecule has 10 heteroatoms. The Bertz CT molecular complexity index is 596. The zero-order chi connectivity index (χ0) is 24.0. The van der Waals surface area contributed by atoms with Crippen molar-refractivity contribution in [2.45, 2.75) is 40.5 Å². The number of hydrogen-bond acceptors (Lipinski definition) is 10. The molecule has 0 aromatic rings. The third-order valence-electron chi connectivity index (χ3n) is 4.80. The highest BCUT2D eigenvalue weighted by atomic mass is 16.6. The molecule has 0 aliphatic carbocycles. The van der Waals surface area contributed by atoms with E-state index in [4.69, 9.17) is 18.9 Å². The highest BCUT2D eigenvalue weighted by Crippen LogP contribution is 2.43. The molecule has 0 spiro atoms. The summed E-state index contributed by atoms with van der Waals surface area (Å²) in [4.78, 5) is 48.7.